The Morgan fingerprint density at radius 1 is 1.05 bits per heavy atom. The van der Waals surface area contributed by atoms with Crippen molar-refractivity contribution >= 4 is 29.0 Å². The lowest BCUT2D eigenvalue weighted by Crippen LogP contribution is -2.42. The normalized spacial score (nSPS) is 12.7. The van der Waals surface area contributed by atoms with Gasteiger partial charge in [-0.05, 0) is 6.07 Å². The van der Waals surface area contributed by atoms with Crippen LogP contribution >= 0.6 is 23.2 Å². The Hall–Kier alpha value is -1.15. The summed E-state index contributed by atoms with van der Waals surface area (Å²) in [6.07, 6.45) is -11.6. The third-order valence-electron chi connectivity index (χ3n) is 2.42. The zero-order valence-electron chi connectivity index (χ0n) is 10.1. The molecule has 0 heterocycles. The molecule has 21 heavy (non-hydrogen) atoms. The summed E-state index contributed by atoms with van der Waals surface area (Å²) in [4.78, 5) is 11.6. The molecule has 0 N–H and O–H groups in total. The fourth-order valence-electron chi connectivity index (χ4n) is 1.51. The summed E-state index contributed by atoms with van der Waals surface area (Å²) in [5, 5.41) is -0.965. The summed E-state index contributed by atoms with van der Waals surface area (Å²) >= 11 is 11.1. The summed E-state index contributed by atoms with van der Waals surface area (Å²) < 4.78 is 79.6. The third kappa shape index (κ3) is 3.94. The number of methoxy groups -OCH3 is 1. The third-order valence-corrected chi connectivity index (χ3v) is 3.03. The van der Waals surface area contributed by atoms with Crippen LogP contribution in [0.3, 0.4) is 0 Å². The lowest BCUT2D eigenvalue weighted by molar-refractivity contribution is -0.264. The number of hydrogen-bond acceptors (Lipinski definition) is 2. The molecule has 0 aliphatic rings. The highest BCUT2D eigenvalue weighted by Crippen LogP contribution is 2.43. The highest BCUT2D eigenvalue weighted by Gasteiger charge is 2.61. The van der Waals surface area contributed by atoms with Crippen LogP contribution in [0.25, 0.3) is 0 Å². The van der Waals surface area contributed by atoms with Gasteiger partial charge in [0.15, 0.2) is 5.78 Å². The summed E-state index contributed by atoms with van der Waals surface area (Å²) in [6, 6.07) is 1.47. The average molecular weight is 355 g/mol. The predicted octanol–water partition coefficient (Wildman–Crippen LogP) is 4.93. The van der Waals surface area contributed by atoms with Crippen LogP contribution in [-0.2, 0) is 0 Å². The summed E-state index contributed by atoms with van der Waals surface area (Å²) in [7, 11) is 1.16. The Labute approximate surface area is 124 Å². The molecule has 1 aromatic rings. The van der Waals surface area contributed by atoms with Crippen LogP contribution in [0.4, 0.5) is 26.3 Å². The minimum absolute atomic E-state index is 0.0891. The average Bonchev–Trinajstić information content (AvgIpc) is 2.27. The molecule has 0 amide bonds. The monoisotopic (exact) mass is 354 g/mol. The number of hydrogen-bond donors (Lipinski definition) is 0. The maximum absolute atomic E-state index is 12.5. The fraction of sp³-hybridized carbons (Fsp3) is 0.364. The molecule has 10 heteroatoms. The lowest BCUT2D eigenvalue weighted by Gasteiger charge is -2.22. The topological polar surface area (TPSA) is 26.3 Å². The second kappa shape index (κ2) is 5.92. The van der Waals surface area contributed by atoms with Crippen molar-refractivity contribution < 1.29 is 35.9 Å². The number of rotatable bonds is 3. The molecule has 1 rings (SSSR count). The van der Waals surface area contributed by atoms with Gasteiger partial charge in [0, 0.05) is 11.6 Å². The molecule has 0 unspecified atom stereocenters. The highest BCUT2D eigenvalue weighted by molar-refractivity contribution is 6.37. The van der Waals surface area contributed by atoms with Crippen LogP contribution in [0.15, 0.2) is 12.1 Å². The maximum atomic E-state index is 12.5. The standard InChI is InChI=1S/C11H6Cl2F6O2/c1-21-7-3-5(12)4(2-6(7)13)8(20)9(10(14,15)16)11(17,18)19/h2-3,9H,1H3. The first-order valence-corrected chi connectivity index (χ1v) is 5.86. The molecule has 0 aliphatic carbocycles. The second-order valence-corrected chi connectivity index (χ2v) is 4.66. The Balaban J connectivity index is 3.38. The molecule has 0 saturated carbocycles. The number of alkyl halides is 6. The van der Waals surface area contributed by atoms with Gasteiger partial charge < -0.3 is 4.74 Å². The molecule has 0 radical (unpaired) electrons. The van der Waals surface area contributed by atoms with Crippen molar-refractivity contribution in [3.8, 4) is 5.75 Å². The molecular weight excluding hydrogens is 349 g/mol. The SMILES string of the molecule is COc1cc(Cl)c(C(=O)C(C(F)(F)F)C(F)(F)F)cc1Cl. The molecule has 1 aromatic carbocycles. The van der Waals surface area contributed by atoms with Gasteiger partial charge in [-0.25, -0.2) is 0 Å². The molecule has 0 aromatic heterocycles. The van der Waals surface area contributed by atoms with Crippen LogP contribution in [0, 0.1) is 5.92 Å². The highest BCUT2D eigenvalue weighted by atomic mass is 35.5. The smallest absolute Gasteiger partial charge is 0.407 e. The fourth-order valence-corrected chi connectivity index (χ4v) is 2.00. The van der Waals surface area contributed by atoms with E-state index in [2.05, 4.69) is 4.74 Å². The van der Waals surface area contributed by atoms with Gasteiger partial charge in [0.05, 0.1) is 17.2 Å². The van der Waals surface area contributed by atoms with Gasteiger partial charge in [-0.3, -0.25) is 4.79 Å². The quantitative estimate of drug-likeness (QED) is 0.568. The molecule has 118 valence electrons. The Morgan fingerprint density at radius 2 is 1.52 bits per heavy atom. The number of carbonyl (C=O) groups excluding carboxylic acids is 1. The van der Waals surface area contributed by atoms with E-state index in [-0.39, 0.29) is 10.8 Å². The van der Waals surface area contributed by atoms with Gasteiger partial charge in [-0.2, -0.15) is 26.3 Å². The van der Waals surface area contributed by atoms with Crippen molar-refractivity contribution in [1.82, 2.24) is 0 Å². The number of ether oxygens (including phenoxy) is 1. The number of ketones is 1. The number of halogens is 8. The molecule has 0 saturated heterocycles. The van der Waals surface area contributed by atoms with Crippen molar-refractivity contribution in [1.29, 1.82) is 0 Å². The van der Waals surface area contributed by atoms with E-state index in [0.717, 1.165) is 13.2 Å². The first-order valence-electron chi connectivity index (χ1n) is 5.10. The van der Waals surface area contributed by atoms with Crippen molar-refractivity contribution in [3.05, 3.63) is 27.7 Å². The summed E-state index contributed by atoms with van der Waals surface area (Å²) in [5.74, 6) is -6.50. The van der Waals surface area contributed by atoms with Crippen molar-refractivity contribution in [2.75, 3.05) is 7.11 Å². The Bertz CT molecular complexity index is 539. The van der Waals surface area contributed by atoms with Crippen LogP contribution in [0.2, 0.25) is 10.0 Å². The van der Waals surface area contributed by atoms with E-state index in [1.165, 1.54) is 0 Å². The lowest BCUT2D eigenvalue weighted by atomic mass is 9.96. The number of carbonyl (C=O) groups is 1. The van der Waals surface area contributed by atoms with Crippen molar-refractivity contribution in [2.45, 2.75) is 12.4 Å². The zero-order valence-corrected chi connectivity index (χ0v) is 11.6. The first-order chi connectivity index (χ1) is 9.39. The van der Waals surface area contributed by atoms with Gasteiger partial charge in [0.1, 0.15) is 5.75 Å². The van der Waals surface area contributed by atoms with Crippen LogP contribution < -0.4 is 4.74 Å². The van der Waals surface area contributed by atoms with Crippen LogP contribution in [0.1, 0.15) is 10.4 Å². The van der Waals surface area contributed by atoms with Crippen LogP contribution in [0.5, 0.6) is 5.75 Å². The zero-order chi connectivity index (χ0) is 16.6. The Kier molecular flexibility index (Phi) is 5.05. The number of benzene rings is 1. The predicted molar refractivity (Wildman–Crippen MR) is 62.9 cm³/mol. The minimum Gasteiger partial charge on any atom is -0.495 e. The van der Waals surface area contributed by atoms with Gasteiger partial charge >= 0.3 is 12.4 Å². The largest absolute Gasteiger partial charge is 0.495 e. The molecule has 2 nitrogen and oxygen atoms in total. The molecule has 0 bridgehead atoms. The summed E-state index contributed by atoms with van der Waals surface area (Å²) in [5.41, 5.74) is -0.984. The van der Waals surface area contributed by atoms with E-state index < -0.39 is 34.6 Å². The van der Waals surface area contributed by atoms with Gasteiger partial charge in [0.25, 0.3) is 0 Å². The first kappa shape index (κ1) is 17.9. The molecular formula is C11H6Cl2F6O2. The van der Waals surface area contributed by atoms with Gasteiger partial charge in [-0.1, -0.05) is 23.2 Å². The van der Waals surface area contributed by atoms with E-state index in [9.17, 15) is 31.1 Å². The number of Topliss-reactive ketones (excluding diaryl/α,β-unsaturated/α-hetero) is 1. The van der Waals surface area contributed by atoms with Gasteiger partial charge in [0.2, 0.25) is 5.92 Å². The van der Waals surface area contributed by atoms with Crippen molar-refractivity contribution in [3.63, 3.8) is 0 Å². The second-order valence-electron chi connectivity index (χ2n) is 3.85. The molecule has 0 atom stereocenters. The van der Waals surface area contributed by atoms with E-state index in [1.807, 2.05) is 0 Å². The van der Waals surface area contributed by atoms with Crippen LogP contribution in [-0.4, -0.2) is 25.2 Å². The molecule has 0 fully saturated rings. The Morgan fingerprint density at radius 3 is 1.90 bits per heavy atom. The minimum atomic E-state index is -5.80. The van der Waals surface area contributed by atoms with Gasteiger partial charge in [-0.15, -0.1) is 0 Å². The molecule has 0 aliphatic heterocycles. The summed E-state index contributed by atoms with van der Waals surface area (Å²) in [6.45, 7) is 0. The van der Waals surface area contributed by atoms with Crippen molar-refractivity contribution in [2.24, 2.45) is 5.92 Å². The van der Waals surface area contributed by atoms with E-state index in [4.69, 9.17) is 23.2 Å². The molecule has 0 spiro atoms. The van der Waals surface area contributed by atoms with E-state index in [1.54, 1.807) is 0 Å². The van der Waals surface area contributed by atoms with E-state index >= 15 is 0 Å². The van der Waals surface area contributed by atoms with E-state index in [0.29, 0.717) is 6.07 Å². The maximum Gasteiger partial charge on any atom is 0.407 e.